The lowest BCUT2D eigenvalue weighted by Crippen LogP contribution is -2.37. The van der Waals surface area contributed by atoms with Gasteiger partial charge in [-0.1, -0.05) is 6.07 Å². The van der Waals surface area contributed by atoms with E-state index in [1.807, 2.05) is 30.3 Å². The van der Waals surface area contributed by atoms with Gasteiger partial charge in [0, 0.05) is 42.6 Å². The van der Waals surface area contributed by atoms with Gasteiger partial charge in [-0.15, -0.1) is 0 Å². The summed E-state index contributed by atoms with van der Waals surface area (Å²) in [7, 11) is -3.20. The van der Waals surface area contributed by atoms with Gasteiger partial charge in [-0.2, -0.15) is 0 Å². The number of rotatable bonds is 4. The smallest absolute Gasteiger partial charge is 0.161 e. The van der Waals surface area contributed by atoms with Crippen molar-refractivity contribution in [3.05, 3.63) is 48.3 Å². The molecule has 0 N–H and O–H groups in total. The number of aromatic nitrogens is 3. The monoisotopic (exact) mass is 384 g/mol. The normalized spacial score (nSPS) is 15.2. The van der Waals surface area contributed by atoms with E-state index in [-0.39, 0.29) is 5.75 Å². The number of sulfone groups is 1. The molecule has 0 bridgehead atoms. The van der Waals surface area contributed by atoms with Crippen LogP contribution < -0.4 is 4.90 Å². The molecular formula is C19H20N4O3S. The van der Waals surface area contributed by atoms with E-state index in [4.69, 9.17) is 9.72 Å². The Morgan fingerprint density at radius 1 is 1.11 bits per heavy atom. The van der Waals surface area contributed by atoms with Gasteiger partial charge in [0.05, 0.1) is 30.2 Å². The third-order valence-corrected chi connectivity index (χ3v) is 5.19. The van der Waals surface area contributed by atoms with E-state index < -0.39 is 9.84 Å². The van der Waals surface area contributed by atoms with Crippen molar-refractivity contribution in [2.45, 2.75) is 5.75 Å². The molecule has 3 heterocycles. The van der Waals surface area contributed by atoms with Crippen molar-refractivity contribution in [1.82, 2.24) is 15.0 Å². The van der Waals surface area contributed by atoms with Gasteiger partial charge in [0.15, 0.2) is 15.7 Å². The number of nitrogens with zero attached hydrogens (tertiary/aromatic N) is 4. The maximum Gasteiger partial charge on any atom is 0.161 e. The Bertz CT molecular complexity index is 1080. The Morgan fingerprint density at radius 3 is 2.70 bits per heavy atom. The second-order valence-electron chi connectivity index (χ2n) is 6.62. The summed E-state index contributed by atoms with van der Waals surface area (Å²) in [4.78, 5) is 15.7. The topological polar surface area (TPSA) is 85.3 Å². The van der Waals surface area contributed by atoms with E-state index in [1.54, 1.807) is 12.3 Å². The number of ether oxygens (including phenoxy) is 1. The molecule has 0 atom stereocenters. The van der Waals surface area contributed by atoms with Crippen LogP contribution >= 0.6 is 0 Å². The van der Waals surface area contributed by atoms with Crippen molar-refractivity contribution in [3.63, 3.8) is 0 Å². The Balaban J connectivity index is 1.80. The van der Waals surface area contributed by atoms with Crippen LogP contribution in [0.15, 0.2) is 42.6 Å². The molecule has 3 aromatic rings. The fraction of sp³-hybridized carbons (Fsp3) is 0.316. The molecule has 0 unspecified atom stereocenters. The molecule has 1 aromatic carbocycles. The summed E-state index contributed by atoms with van der Waals surface area (Å²) in [5.41, 5.74) is 2.22. The van der Waals surface area contributed by atoms with Crippen molar-refractivity contribution in [2.75, 3.05) is 37.5 Å². The number of hydrogen-bond acceptors (Lipinski definition) is 7. The highest BCUT2D eigenvalue weighted by Crippen LogP contribution is 2.24. The summed E-state index contributed by atoms with van der Waals surface area (Å²) in [6.07, 6.45) is 2.96. The minimum absolute atomic E-state index is 0.116. The molecule has 1 fully saturated rings. The van der Waals surface area contributed by atoms with E-state index in [0.717, 1.165) is 35.4 Å². The molecule has 140 valence electrons. The maximum absolute atomic E-state index is 11.8. The van der Waals surface area contributed by atoms with Gasteiger partial charge in [0.1, 0.15) is 5.82 Å². The van der Waals surface area contributed by atoms with E-state index >= 15 is 0 Å². The van der Waals surface area contributed by atoms with Crippen LogP contribution in [0.25, 0.3) is 22.3 Å². The van der Waals surface area contributed by atoms with Gasteiger partial charge in [-0.25, -0.2) is 18.4 Å². The number of anilines is 1. The van der Waals surface area contributed by atoms with Crippen LogP contribution in [0.2, 0.25) is 0 Å². The van der Waals surface area contributed by atoms with Crippen molar-refractivity contribution < 1.29 is 13.2 Å². The first-order valence-electron chi connectivity index (χ1n) is 8.71. The fourth-order valence-electron chi connectivity index (χ4n) is 3.12. The highest BCUT2D eigenvalue weighted by Gasteiger charge is 2.17. The average Bonchev–Trinajstić information content (AvgIpc) is 2.67. The molecule has 2 aromatic heterocycles. The van der Waals surface area contributed by atoms with E-state index in [2.05, 4.69) is 14.9 Å². The van der Waals surface area contributed by atoms with E-state index in [9.17, 15) is 8.42 Å². The predicted octanol–water partition coefficient (Wildman–Crippen LogP) is 2.07. The first-order valence-corrected chi connectivity index (χ1v) is 10.8. The number of fused-ring (bicyclic) bond motifs is 1. The second-order valence-corrected chi connectivity index (χ2v) is 8.76. The molecule has 27 heavy (non-hydrogen) atoms. The molecular weight excluding hydrogens is 364 g/mol. The Labute approximate surface area is 158 Å². The van der Waals surface area contributed by atoms with Gasteiger partial charge < -0.3 is 9.64 Å². The molecule has 0 spiro atoms. The van der Waals surface area contributed by atoms with Crippen LogP contribution in [0.5, 0.6) is 0 Å². The SMILES string of the molecule is CS(=O)(=O)Cc1cc(N2CCOCC2)nc(-c2ccc3ncccc3c2)n1. The lowest BCUT2D eigenvalue weighted by molar-refractivity contribution is 0.122. The van der Waals surface area contributed by atoms with Crippen LogP contribution in [0.4, 0.5) is 5.82 Å². The molecule has 0 radical (unpaired) electrons. The van der Waals surface area contributed by atoms with E-state index in [0.29, 0.717) is 24.7 Å². The largest absolute Gasteiger partial charge is 0.378 e. The number of benzene rings is 1. The van der Waals surface area contributed by atoms with Gasteiger partial charge in [-0.05, 0) is 24.3 Å². The Hall–Kier alpha value is -2.58. The minimum Gasteiger partial charge on any atom is -0.378 e. The van der Waals surface area contributed by atoms with Gasteiger partial charge in [-0.3, -0.25) is 4.98 Å². The third kappa shape index (κ3) is 4.23. The standard InChI is InChI=1S/C19H20N4O3S/c1-27(24,25)13-16-12-18(23-7-9-26-10-8-23)22-19(21-16)15-4-5-17-14(11-15)3-2-6-20-17/h2-6,11-12H,7-10,13H2,1H3. The zero-order valence-corrected chi connectivity index (χ0v) is 15.8. The maximum atomic E-state index is 11.8. The molecule has 0 aliphatic carbocycles. The molecule has 1 saturated heterocycles. The molecule has 4 rings (SSSR count). The van der Waals surface area contributed by atoms with Crippen LogP contribution in [0.3, 0.4) is 0 Å². The van der Waals surface area contributed by atoms with Gasteiger partial charge in [0.25, 0.3) is 0 Å². The third-order valence-electron chi connectivity index (χ3n) is 4.37. The molecule has 7 nitrogen and oxygen atoms in total. The van der Waals surface area contributed by atoms with Crippen LogP contribution in [-0.2, 0) is 20.3 Å². The van der Waals surface area contributed by atoms with Gasteiger partial charge in [0.2, 0.25) is 0 Å². The summed E-state index contributed by atoms with van der Waals surface area (Å²) >= 11 is 0. The summed E-state index contributed by atoms with van der Waals surface area (Å²) in [6, 6.07) is 11.4. The summed E-state index contributed by atoms with van der Waals surface area (Å²) in [6.45, 7) is 2.69. The number of morpholine rings is 1. The number of pyridine rings is 1. The molecule has 1 aliphatic heterocycles. The summed E-state index contributed by atoms with van der Waals surface area (Å²) in [5.74, 6) is 1.13. The summed E-state index contributed by atoms with van der Waals surface area (Å²) < 4.78 is 29.0. The lowest BCUT2D eigenvalue weighted by atomic mass is 10.1. The van der Waals surface area contributed by atoms with Crippen LogP contribution in [0.1, 0.15) is 5.69 Å². The van der Waals surface area contributed by atoms with Crippen LogP contribution in [-0.4, -0.2) is 55.9 Å². The average molecular weight is 384 g/mol. The van der Waals surface area contributed by atoms with Crippen molar-refractivity contribution in [2.24, 2.45) is 0 Å². The highest BCUT2D eigenvalue weighted by atomic mass is 32.2. The molecule has 8 heteroatoms. The zero-order chi connectivity index (χ0) is 18.9. The predicted molar refractivity (Wildman–Crippen MR) is 104 cm³/mol. The second kappa shape index (κ2) is 7.21. The minimum atomic E-state index is -3.20. The van der Waals surface area contributed by atoms with Crippen molar-refractivity contribution >= 4 is 26.6 Å². The highest BCUT2D eigenvalue weighted by molar-refractivity contribution is 7.89. The summed E-state index contributed by atoms with van der Waals surface area (Å²) in [5, 5.41) is 0.986. The van der Waals surface area contributed by atoms with Gasteiger partial charge >= 0.3 is 0 Å². The lowest BCUT2D eigenvalue weighted by Gasteiger charge is -2.28. The molecule has 0 amide bonds. The fourth-order valence-corrected chi connectivity index (χ4v) is 3.81. The van der Waals surface area contributed by atoms with E-state index in [1.165, 1.54) is 6.26 Å². The quantitative estimate of drug-likeness (QED) is 0.681. The Morgan fingerprint density at radius 2 is 1.93 bits per heavy atom. The first kappa shape index (κ1) is 17.8. The van der Waals surface area contributed by atoms with Crippen molar-refractivity contribution in [3.8, 4) is 11.4 Å². The molecule has 1 aliphatic rings. The molecule has 0 saturated carbocycles. The first-order chi connectivity index (χ1) is 13.0. The Kier molecular flexibility index (Phi) is 4.75. The number of hydrogen-bond donors (Lipinski definition) is 0. The van der Waals surface area contributed by atoms with Crippen molar-refractivity contribution in [1.29, 1.82) is 0 Å². The van der Waals surface area contributed by atoms with Crippen LogP contribution in [0, 0.1) is 0 Å². The zero-order valence-electron chi connectivity index (χ0n) is 15.0.